The second kappa shape index (κ2) is 7.09. The molecular formula is C20H15ClN4O2. The predicted molar refractivity (Wildman–Crippen MR) is 104 cm³/mol. The number of carbonyl (C=O) groups is 1. The van der Waals surface area contributed by atoms with Crippen LogP contribution in [0, 0.1) is 0 Å². The molecule has 0 saturated carbocycles. The molecule has 134 valence electrons. The summed E-state index contributed by atoms with van der Waals surface area (Å²) >= 11 is 5.85. The van der Waals surface area contributed by atoms with Gasteiger partial charge in [-0.1, -0.05) is 23.7 Å². The number of ether oxygens (including phenoxy) is 1. The van der Waals surface area contributed by atoms with E-state index in [1.807, 2.05) is 36.4 Å². The molecule has 0 bridgehead atoms. The molecule has 0 unspecified atom stereocenters. The number of methoxy groups -OCH3 is 1. The van der Waals surface area contributed by atoms with Crippen LogP contribution in [0.4, 0.5) is 5.82 Å². The third kappa shape index (κ3) is 3.61. The number of nitrogens with one attached hydrogen (secondary N) is 1. The van der Waals surface area contributed by atoms with Crippen LogP contribution in [0.5, 0.6) is 5.75 Å². The second-order valence-electron chi connectivity index (χ2n) is 5.84. The first kappa shape index (κ1) is 17.1. The van der Waals surface area contributed by atoms with Gasteiger partial charge < -0.3 is 10.1 Å². The van der Waals surface area contributed by atoms with Gasteiger partial charge in [-0.05, 0) is 48.5 Å². The van der Waals surface area contributed by atoms with Crippen molar-refractivity contribution < 1.29 is 9.53 Å². The van der Waals surface area contributed by atoms with Gasteiger partial charge in [0.25, 0.3) is 5.91 Å². The number of nitrogens with zero attached hydrogens (tertiary/aromatic N) is 3. The van der Waals surface area contributed by atoms with E-state index >= 15 is 0 Å². The van der Waals surface area contributed by atoms with E-state index in [1.54, 1.807) is 42.1 Å². The van der Waals surface area contributed by atoms with E-state index in [0.717, 1.165) is 17.0 Å². The highest BCUT2D eigenvalue weighted by atomic mass is 35.5. The molecule has 2 aromatic carbocycles. The second-order valence-corrected chi connectivity index (χ2v) is 6.28. The summed E-state index contributed by atoms with van der Waals surface area (Å²) in [5.74, 6) is 0.921. The molecule has 4 aromatic rings. The van der Waals surface area contributed by atoms with Gasteiger partial charge in [0.1, 0.15) is 5.75 Å². The van der Waals surface area contributed by atoms with Crippen LogP contribution in [0.15, 0.2) is 66.9 Å². The molecule has 0 aliphatic heterocycles. The Hall–Kier alpha value is -3.38. The van der Waals surface area contributed by atoms with Gasteiger partial charge in [0.2, 0.25) is 0 Å². The number of aromatic nitrogens is 3. The zero-order valence-corrected chi connectivity index (χ0v) is 15.1. The quantitative estimate of drug-likeness (QED) is 0.574. The number of carbonyl (C=O) groups excluding carboxylic acids is 1. The molecule has 0 saturated heterocycles. The fourth-order valence-corrected chi connectivity index (χ4v) is 2.79. The van der Waals surface area contributed by atoms with Crippen molar-refractivity contribution in [2.24, 2.45) is 0 Å². The first-order valence-corrected chi connectivity index (χ1v) is 8.58. The fourth-order valence-electron chi connectivity index (χ4n) is 2.67. The first-order valence-electron chi connectivity index (χ1n) is 8.20. The Labute approximate surface area is 160 Å². The van der Waals surface area contributed by atoms with Crippen molar-refractivity contribution in [1.82, 2.24) is 14.6 Å². The highest BCUT2D eigenvalue weighted by Gasteiger charge is 2.10. The SMILES string of the molecule is COc1cccc(-c2ccc3nc(NC(=O)c4ccc(Cl)cc4)cn3n2)c1. The number of anilines is 1. The minimum absolute atomic E-state index is 0.261. The highest BCUT2D eigenvalue weighted by molar-refractivity contribution is 6.30. The number of halogens is 1. The number of imidazole rings is 1. The van der Waals surface area contributed by atoms with Gasteiger partial charge in [-0.2, -0.15) is 5.10 Å². The number of benzene rings is 2. The van der Waals surface area contributed by atoms with Gasteiger partial charge in [0.15, 0.2) is 11.5 Å². The summed E-state index contributed by atoms with van der Waals surface area (Å²) in [5, 5.41) is 7.91. The van der Waals surface area contributed by atoms with Gasteiger partial charge in [-0.15, -0.1) is 0 Å². The molecule has 6 nitrogen and oxygen atoms in total. The van der Waals surface area contributed by atoms with Crippen LogP contribution >= 0.6 is 11.6 Å². The van der Waals surface area contributed by atoms with Gasteiger partial charge in [0.05, 0.1) is 19.0 Å². The number of fused-ring (bicyclic) bond motifs is 1. The maximum absolute atomic E-state index is 12.3. The van der Waals surface area contributed by atoms with Crippen LogP contribution in [-0.4, -0.2) is 27.6 Å². The summed E-state index contributed by atoms with van der Waals surface area (Å²) in [5.41, 5.74) is 2.83. The summed E-state index contributed by atoms with van der Waals surface area (Å²) in [6.07, 6.45) is 1.67. The Morgan fingerprint density at radius 1 is 1.11 bits per heavy atom. The molecule has 7 heteroatoms. The summed E-state index contributed by atoms with van der Waals surface area (Å²) in [6.45, 7) is 0. The minimum Gasteiger partial charge on any atom is -0.497 e. The van der Waals surface area contributed by atoms with Gasteiger partial charge in [-0.25, -0.2) is 9.50 Å². The fraction of sp³-hybridized carbons (Fsp3) is 0.0500. The average Bonchev–Trinajstić information content (AvgIpc) is 3.09. The van der Waals surface area contributed by atoms with Crippen LogP contribution in [0.1, 0.15) is 10.4 Å². The Bertz CT molecular complexity index is 1120. The molecule has 27 heavy (non-hydrogen) atoms. The molecule has 4 rings (SSSR count). The molecule has 0 atom stereocenters. The zero-order valence-electron chi connectivity index (χ0n) is 14.4. The highest BCUT2D eigenvalue weighted by Crippen LogP contribution is 2.23. The van der Waals surface area contributed by atoms with E-state index in [4.69, 9.17) is 16.3 Å². The van der Waals surface area contributed by atoms with E-state index in [0.29, 0.717) is 22.1 Å². The van der Waals surface area contributed by atoms with E-state index in [1.165, 1.54) is 0 Å². The number of hydrogen-bond acceptors (Lipinski definition) is 4. The van der Waals surface area contributed by atoms with Crippen molar-refractivity contribution in [3.05, 3.63) is 77.4 Å². The average molecular weight is 379 g/mol. The lowest BCUT2D eigenvalue weighted by Gasteiger charge is -2.04. The third-order valence-electron chi connectivity index (χ3n) is 4.03. The normalized spacial score (nSPS) is 10.7. The molecule has 0 fully saturated rings. The minimum atomic E-state index is -0.261. The summed E-state index contributed by atoms with van der Waals surface area (Å²) in [4.78, 5) is 16.7. The Kier molecular flexibility index (Phi) is 4.48. The van der Waals surface area contributed by atoms with Crippen LogP contribution < -0.4 is 10.1 Å². The molecular weight excluding hydrogens is 364 g/mol. The van der Waals surface area contributed by atoms with Crippen LogP contribution in [0.3, 0.4) is 0 Å². The Balaban J connectivity index is 1.60. The molecule has 2 aromatic heterocycles. The van der Waals surface area contributed by atoms with Crippen molar-refractivity contribution >= 4 is 29.0 Å². The largest absolute Gasteiger partial charge is 0.497 e. The number of hydrogen-bond donors (Lipinski definition) is 1. The van der Waals surface area contributed by atoms with Gasteiger partial charge in [-0.3, -0.25) is 4.79 Å². The summed E-state index contributed by atoms with van der Waals surface area (Å²) in [7, 11) is 1.63. The standard InChI is InChI=1S/C20H15ClN4O2/c1-27-16-4-2-3-14(11-16)17-9-10-19-22-18(12-25(19)24-17)23-20(26)13-5-7-15(21)8-6-13/h2-12H,1H3,(H,23,26). The van der Waals surface area contributed by atoms with Gasteiger partial charge >= 0.3 is 0 Å². The van der Waals surface area contributed by atoms with E-state index in [2.05, 4.69) is 15.4 Å². The van der Waals surface area contributed by atoms with Crippen molar-refractivity contribution in [3.63, 3.8) is 0 Å². The predicted octanol–water partition coefficient (Wildman–Crippen LogP) is 4.31. The van der Waals surface area contributed by atoms with E-state index in [9.17, 15) is 4.79 Å². The lowest BCUT2D eigenvalue weighted by atomic mass is 10.1. The van der Waals surface area contributed by atoms with Crippen molar-refractivity contribution in [3.8, 4) is 17.0 Å². The summed E-state index contributed by atoms with van der Waals surface area (Å²) < 4.78 is 6.89. The first-order chi connectivity index (χ1) is 13.1. The number of rotatable bonds is 4. The topological polar surface area (TPSA) is 68.5 Å². The molecule has 0 aliphatic rings. The monoisotopic (exact) mass is 378 g/mol. The lowest BCUT2D eigenvalue weighted by molar-refractivity contribution is 0.102. The number of amides is 1. The molecule has 0 radical (unpaired) electrons. The molecule has 1 amide bonds. The maximum Gasteiger partial charge on any atom is 0.256 e. The molecule has 1 N–H and O–H groups in total. The van der Waals surface area contributed by atoms with Crippen LogP contribution in [0.2, 0.25) is 5.02 Å². The molecule has 0 spiro atoms. The van der Waals surface area contributed by atoms with Crippen molar-refractivity contribution in [1.29, 1.82) is 0 Å². The maximum atomic E-state index is 12.3. The summed E-state index contributed by atoms with van der Waals surface area (Å²) in [6, 6.07) is 18.0. The Morgan fingerprint density at radius 2 is 1.93 bits per heavy atom. The van der Waals surface area contributed by atoms with E-state index in [-0.39, 0.29) is 5.91 Å². The van der Waals surface area contributed by atoms with E-state index < -0.39 is 0 Å². The Morgan fingerprint density at radius 3 is 2.70 bits per heavy atom. The van der Waals surface area contributed by atoms with Crippen LogP contribution in [-0.2, 0) is 0 Å². The zero-order chi connectivity index (χ0) is 18.8. The lowest BCUT2D eigenvalue weighted by Crippen LogP contribution is -2.11. The molecule has 2 heterocycles. The van der Waals surface area contributed by atoms with Crippen molar-refractivity contribution in [2.45, 2.75) is 0 Å². The molecule has 0 aliphatic carbocycles. The van der Waals surface area contributed by atoms with Crippen LogP contribution in [0.25, 0.3) is 16.9 Å². The third-order valence-corrected chi connectivity index (χ3v) is 4.29. The van der Waals surface area contributed by atoms with Crippen molar-refractivity contribution in [2.75, 3.05) is 12.4 Å². The van der Waals surface area contributed by atoms with Gasteiger partial charge in [0, 0.05) is 16.1 Å². The smallest absolute Gasteiger partial charge is 0.256 e.